The quantitative estimate of drug-likeness (QED) is 0.440. The maximum Gasteiger partial charge on any atom is 0.239 e. The maximum absolute atomic E-state index is 12.0. The Labute approximate surface area is 122 Å². The van der Waals surface area contributed by atoms with Gasteiger partial charge in [0.1, 0.15) is 5.92 Å². The van der Waals surface area contributed by atoms with Gasteiger partial charge in [0.25, 0.3) is 0 Å². The van der Waals surface area contributed by atoms with Gasteiger partial charge in [-0.15, -0.1) is 0 Å². The number of carbonyl (C=O) groups excluding carboxylic acids is 2. The Morgan fingerprint density at radius 3 is 2.15 bits per heavy atom. The number of benzene rings is 1. The number of hydrogen-bond donors (Lipinski definition) is 3. The summed E-state index contributed by atoms with van der Waals surface area (Å²) < 4.78 is 0. The number of anilines is 1. The molecule has 2 amide bonds. The van der Waals surface area contributed by atoms with Gasteiger partial charge < -0.3 is 16.4 Å². The van der Waals surface area contributed by atoms with Gasteiger partial charge in [0.2, 0.25) is 11.8 Å². The molecule has 1 fully saturated rings. The summed E-state index contributed by atoms with van der Waals surface area (Å²) in [7, 11) is 0. The summed E-state index contributed by atoms with van der Waals surface area (Å²) in [4.78, 5) is 24.1. The Hall–Kier alpha value is -1.95. The molecule has 0 atom stereocenters. The zero-order valence-corrected chi connectivity index (χ0v) is 12.2. The number of nitrogen functional groups attached to an aromatic ring is 1. The van der Waals surface area contributed by atoms with E-state index in [-0.39, 0.29) is 16.9 Å². The molecule has 6 heteroatoms. The Morgan fingerprint density at radius 1 is 1.15 bits per heavy atom. The highest BCUT2D eigenvalue weighted by Crippen LogP contribution is 2.32. The Morgan fingerprint density at radius 2 is 1.65 bits per heavy atom. The van der Waals surface area contributed by atoms with Crippen LogP contribution in [0.15, 0.2) is 24.3 Å². The van der Waals surface area contributed by atoms with Crippen LogP contribution >= 0.6 is 12.2 Å². The molecule has 1 heterocycles. The molecule has 1 aliphatic heterocycles. The SMILES string of the molecule is CC(C)(Cc1ccc(N)cc1)C1C(=O)NC(=S)NC1=O. The Balaban J connectivity index is 2.20. The molecule has 0 aliphatic carbocycles. The first-order valence-electron chi connectivity index (χ1n) is 6.30. The highest BCUT2D eigenvalue weighted by Gasteiger charge is 2.43. The van der Waals surface area contributed by atoms with Crippen LogP contribution in [0.2, 0.25) is 0 Å². The van der Waals surface area contributed by atoms with E-state index in [0.29, 0.717) is 12.1 Å². The molecule has 4 N–H and O–H groups in total. The number of nitrogens with one attached hydrogen (secondary N) is 2. The van der Waals surface area contributed by atoms with Crippen molar-refractivity contribution < 1.29 is 9.59 Å². The van der Waals surface area contributed by atoms with Crippen LogP contribution in [0.1, 0.15) is 19.4 Å². The molecule has 5 nitrogen and oxygen atoms in total. The van der Waals surface area contributed by atoms with Gasteiger partial charge in [0, 0.05) is 5.69 Å². The molecule has 0 spiro atoms. The van der Waals surface area contributed by atoms with Gasteiger partial charge in [-0.1, -0.05) is 26.0 Å². The van der Waals surface area contributed by atoms with Gasteiger partial charge in [-0.2, -0.15) is 0 Å². The van der Waals surface area contributed by atoms with E-state index >= 15 is 0 Å². The van der Waals surface area contributed by atoms with Gasteiger partial charge in [-0.25, -0.2) is 0 Å². The lowest BCUT2D eigenvalue weighted by Crippen LogP contribution is -2.59. The van der Waals surface area contributed by atoms with E-state index in [1.807, 2.05) is 38.1 Å². The minimum atomic E-state index is -0.772. The fourth-order valence-corrected chi connectivity index (χ4v) is 2.69. The van der Waals surface area contributed by atoms with Crippen molar-refractivity contribution in [3.05, 3.63) is 29.8 Å². The van der Waals surface area contributed by atoms with Crippen molar-refractivity contribution in [2.45, 2.75) is 20.3 Å². The third-order valence-corrected chi connectivity index (χ3v) is 3.62. The fraction of sp³-hybridized carbons (Fsp3) is 0.357. The number of carbonyl (C=O) groups is 2. The molecule has 106 valence electrons. The van der Waals surface area contributed by atoms with Crippen LogP contribution in [0, 0.1) is 11.3 Å². The normalized spacial score (nSPS) is 16.8. The lowest BCUT2D eigenvalue weighted by atomic mass is 9.73. The average Bonchev–Trinajstić information content (AvgIpc) is 2.30. The van der Waals surface area contributed by atoms with Crippen LogP contribution in [0.25, 0.3) is 0 Å². The minimum Gasteiger partial charge on any atom is -0.399 e. The zero-order valence-electron chi connectivity index (χ0n) is 11.4. The van der Waals surface area contributed by atoms with Crippen LogP contribution in [0.5, 0.6) is 0 Å². The predicted octanol–water partition coefficient (Wildman–Crippen LogP) is 0.985. The van der Waals surface area contributed by atoms with Crippen molar-refractivity contribution in [3.8, 4) is 0 Å². The van der Waals surface area contributed by atoms with Crippen molar-refractivity contribution in [2.24, 2.45) is 11.3 Å². The minimum absolute atomic E-state index is 0.0690. The molecular formula is C14H17N3O2S. The molecule has 0 bridgehead atoms. The third kappa shape index (κ3) is 2.96. The van der Waals surface area contributed by atoms with Crippen molar-refractivity contribution in [2.75, 3.05) is 5.73 Å². The van der Waals surface area contributed by atoms with Gasteiger partial charge in [-0.3, -0.25) is 9.59 Å². The first-order valence-corrected chi connectivity index (χ1v) is 6.70. The van der Waals surface area contributed by atoms with Gasteiger partial charge in [0.05, 0.1) is 0 Å². The number of rotatable bonds is 3. The molecule has 0 unspecified atom stereocenters. The standard InChI is InChI=1S/C14H17N3O2S/c1-14(2,7-8-3-5-9(15)6-4-8)10-11(18)16-13(20)17-12(10)19/h3-6,10H,7,15H2,1-2H3,(H2,16,17,18,19,20). The smallest absolute Gasteiger partial charge is 0.239 e. The summed E-state index contributed by atoms with van der Waals surface area (Å²) in [5.41, 5.74) is 6.83. The molecule has 1 aromatic rings. The molecule has 0 aromatic heterocycles. The summed E-state index contributed by atoms with van der Waals surface area (Å²) in [5.74, 6) is -1.47. The number of nitrogens with two attached hydrogens (primary N) is 1. The summed E-state index contributed by atoms with van der Waals surface area (Å²) in [5, 5.41) is 5.07. The second-order valence-corrected chi connectivity index (χ2v) is 6.06. The number of hydrogen-bond acceptors (Lipinski definition) is 4. The van der Waals surface area contributed by atoms with Crippen molar-refractivity contribution >= 4 is 34.8 Å². The second-order valence-electron chi connectivity index (χ2n) is 5.65. The lowest BCUT2D eigenvalue weighted by Gasteiger charge is -2.35. The van der Waals surface area contributed by atoms with Crippen LogP contribution in [0.4, 0.5) is 5.69 Å². The second kappa shape index (κ2) is 5.20. The summed E-state index contributed by atoms with van der Waals surface area (Å²) in [6, 6.07) is 7.42. The Kier molecular flexibility index (Phi) is 3.76. The topological polar surface area (TPSA) is 84.2 Å². The highest BCUT2D eigenvalue weighted by molar-refractivity contribution is 7.80. The van der Waals surface area contributed by atoms with E-state index in [4.69, 9.17) is 18.0 Å². The summed E-state index contributed by atoms with van der Waals surface area (Å²) in [6.07, 6.45) is 0.589. The van der Waals surface area contributed by atoms with E-state index in [1.165, 1.54) is 0 Å². The lowest BCUT2D eigenvalue weighted by molar-refractivity contribution is -0.140. The van der Waals surface area contributed by atoms with Crippen LogP contribution < -0.4 is 16.4 Å². The molecular weight excluding hydrogens is 274 g/mol. The zero-order chi connectivity index (χ0) is 14.9. The molecule has 0 radical (unpaired) electrons. The first kappa shape index (κ1) is 14.5. The molecule has 20 heavy (non-hydrogen) atoms. The van der Waals surface area contributed by atoms with Gasteiger partial charge in [0.15, 0.2) is 5.11 Å². The third-order valence-electron chi connectivity index (χ3n) is 3.42. The van der Waals surface area contributed by atoms with Crippen molar-refractivity contribution in [3.63, 3.8) is 0 Å². The first-order chi connectivity index (χ1) is 9.29. The van der Waals surface area contributed by atoms with Crippen LogP contribution in [-0.2, 0) is 16.0 Å². The van der Waals surface area contributed by atoms with Gasteiger partial charge >= 0.3 is 0 Å². The highest BCUT2D eigenvalue weighted by atomic mass is 32.1. The monoisotopic (exact) mass is 291 g/mol. The molecule has 0 saturated carbocycles. The molecule has 1 aromatic carbocycles. The Bertz CT molecular complexity index is 546. The van der Waals surface area contributed by atoms with Crippen molar-refractivity contribution in [1.82, 2.24) is 10.6 Å². The number of thiocarbonyl (C=S) groups is 1. The molecule has 1 saturated heterocycles. The molecule has 1 aliphatic rings. The molecule has 2 rings (SSSR count). The summed E-state index contributed by atoms with van der Waals surface area (Å²) in [6.45, 7) is 3.78. The van der Waals surface area contributed by atoms with Crippen LogP contribution in [0.3, 0.4) is 0 Å². The van der Waals surface area contributed by atoms with Gasteiger partial charge in [-0.05, 0) is 41.7 Å². The van der Waals surface area contributed by atoms with E-state index in [9.17, 15) is 9.59 Å². The van der Waals surface area contributed by atoms with E-state index in [1.54, 1.807) is 0 Å². The van der Waals surface area contributed by atoms with Crippen LogP contribution in [-0.4, -0.2) is 16.9 Å². The van der Waals surface area contributed by atoms with E-state index in [2.05, 4.69) is 10.6 Å². The average molecular weight is 291 g/mol. The largest absolute Gasteiger partial charge is 0.399 e. The maximum atomic E-state index is 12.0. The van der Waals surface area contributed by atoms with Crippen molar-refractivity contribution in [1.29, 1.82) is 0 Å². The van der Waals surface area contributed by atoms with E-state index < -0.39 is 11.3 Å². The number of amides is 2. The van der Waals surface area contributed by atoms with E-state index in [0.717, 1.165) is 5.56 Å². The fourth-order valence-electron chi connectivity index (χ4n) is 2.49. The predicted molar refractivity (Wildman–Crippen MR) is 80.7 cm³/mol. The summed E-state index contributed by atoms with van der Waals surface area (Å²) >= 11 is 4.80.